The van der Waals surface area contributed by atoms with Crippen molar-refractivity contribution in [2.45, 2.75) is 403 Å². The maximum Gasteiger partial charge on any atom is 0.220 e. The van der Waals surface area contributed by atoms with Crippen LogP contribution in [0.4, 0.5) is 0 Å². The van der Waals surface area contributed by atoms with Crippen LogP contribution in [0.25, 0.3) is 0 Å². The Bertz CT molecular complexity index is 1530. The largest absolute Gasteiger partial charge is 0.394 e. The molecule has 1 rings (SSSR count). The number of carbonyl (C=O) groups is 1. The van der Waals surface area contributed by atoms with Gasteiger partial charge in [0, 0.05) is 6.42 Å². The molecule has 9 nitrogen and oxygen atoms in total. The van der Waals surface area contributed by atoms with Gasteiger partial charge in [-0.05, 0) is 77.0 Å². The van der Waals surface area contributed by atoms with Gasteiger partial charge in [-0.3, -0.25) is 4.79 Å². The number of carbonyl (C=O) groups excluding carboxylic acids is 1. The van der Waals surface area contributed by atoms with Crippen LogP contribution in [0.5, 0.6) is 0 Å². The molecule has 0 saturated carbocycles. The average molecular weight is 1200 g/mol. The van der Waals surface area contributed by atoms with Crippen LogP contribution >= 0.6 is 0 Å². The highest BCUT2D eigenvalue weighted by atomic mass is 16.7. The number of rotatable bonds is 65. The summed E-state index contributed by atoms with van der Waals surface area (Å²) in [6.07, 6.45) is 83.5. The van der Waals surface area contributed by atoms with Crippen molar-refractivity contribution in [2.75, 3.05) is 13.2 Å². The van der Waals surface area contributed by atoms with Gasteiger partial charge in [0.2, 0.25) is 5.91 Å². The zero-order valence-corrected chi connectivity index (χ0v) is 55.9. The minimum Gasteiger partial charge on any atom is -0.394 e. The number of nitrogens with one attached hydrogen (secondary N) is 1. The maximum absolute atomic E-state index is 13.1. The SMILES string of the molecule is CCCCCCC/C=C\C/C=C\CCCCCCCCCCCCCCCCCCCCCCCC(=O)NC(COC1OC(CO)C(O)C(O)C1O)C(O)/C=C/CC/C=C/CC/C=C/CCCCCCCCCCCCCCCCCCCCC. The first-order chi connectivity index (χ1) is 41.8. The van der Waals surface area contributed by atoms with E-state index < -0.39 is 49.5 Å². The number of aliphatic hydroxyl groups excluding tert-OH is 5. The van der Waals surface area contributed by atoms with Crippen LogP contribution in [0.15, 0.2) is 60.8 Å². The molecule has 7 atom stereocenters. The lowest BCUT2D eigenvalue weighted by Gasteiger charge is -2.40. The first-order valence-corrected chi connectivity index (χ1v) is 37.0. The molecule has 1 saturated heterocycles. The normalized spacial score (nSPS) is 18.4. The van der Waals surface area contributed by atoms with Gasteiger partial charge in [-0.2, -0.15) is 0 Å². The Labute approximate surface area is 526 Å². The second-order valence-electron chi connectivity index (χ2n) is 25.7. The summed E-state index contributed by atoms with van der Waals surface area (Å²) in [5, 5.41) is 54.8. The molecule has 0 aliphatic carbocycles. The molecule has 1 aliphatic heterocycles. The molecule has 1 aliphatic rings. The van der Waals surface area contributed by atoms with E-state index in [1.165, 1.54) is 289 Å². The number of unbranched alkanes of at least 4 members (excludes halogenated alkanes) is 47. The van der Waals surface area contributed by atoms with E-state index in [-0.39, 0.29) is 12.5 Å². The van der Waals surface area contributed by atoms with Gasteiger partial charge in [-0.1, -0.05) is 338 Å². The predicted octanol–water partition coefficient (Wildman–Crippen LogP) is 20.5. The summed E-state index contributed by atoms with van der Waals surface area (Å²) < 4.78 is 11.3. The second kappa shape index (κ2) is 64.9. The molecule has 0 aromatic carbocycles. The topological polar surface area (TPSA) is 149 Å². The van der Waals surface area contributed by atoms with Gasteiger partial charge >= 0.3 is 0 Å². The van der Waals surface area contributed by atoms with Crippen LogP contribution in [0.2, 0.25) is 0 Å². The molecule has 0 radical (unpaired) electrons. The third kappa shape index (κ3) is 53.4. The van der Waals surface area contributed by atoms with Crippen LogP contribution < -0.4 is 5.32 Å². The standard InChI is InChI=1S/C76H141NO8/c1-3-5-7-9-11-13-15-17-19-21-23-25-27-29-31-33-34-35-36-38-40-42-44-46-48-50-52-54-56-58-60-62-64-66-72(80)77-69(68-84-76-75(83)74(82)73(81)71(67-78)85-76)70(79)65-63-61-59-57-55-53-51-49-47-45-43-41-39-37-32-30-28-26-24-22-20-18-16-14-12-10-8-6-4-2/h15,17,21,23,47,49,55,57,63,65,69-71,73-76,78-79,81-83H,3-14,16,18-20,22,24-46,48,50-54,56,58-62,64,66-68H2,1-2H3,(H,77,80)/b17-15-,23-21-,49-47+,57-55+,65-63+. The highest BCUT2D eigenvalue weighted by Crippen LogP contribution is 2.23. The van der Waals surface area contributed by atoms with E-state index in [1.54, 1.807) is 6.08 Å². The molecular formula is C76H141NO8. The number of hydrogen-bond acceptors (Lipinski definition) is 8. The first kappa shape index (κ1) is 80.9. The lowest BCUT2D eigenvalue weighted by molar-refractivity contribution is -0.302. The van der Waals surface area contributed by atoms with E-state index >= 15 is 0 Å². The van der Waals surface area contributed by atoms with Gasteiger partial charge < -0.3 is 40.3 Å². The number of aliphatic hydroxyl groups is 5. The molecule has 1 heterocycles. The van der Waals surface area contributed by atoms with Crippen molar-refractivity contribution >= 4 is 5.91 Å². The van der Waals surface area contributed by atoms with Gasteiger partial charge in [-0.15, -0.1) is 0 Å². The Morgan fingerprint density at radius 1 is 0.400 bits per heavy atom. The second-order valence-corrected chi connectivity index (χ2v) is 25.7. The Hall–Kier alpha value is -2.11. The number of allylic oxidation sites excluding steroid dienone is 9. The molecule has 0 aromatic rings. The summed E-state index contributed by atoms with van der Waals surface area (Å²) in [4.78, 5) is 13.1. The zero-order valence-electron chi connectivity index (χ0n) is 55.9. The molecule has 498 valence electrons. The Balaban J connectivity index is 2.13. The summed E-state index contributed by atoms with van der Waals surface area (Å²) in [7, 11) is 0. The molecule has 1 fully saturated rings. The number of hydrogen-bond donors (Lipinski definition) is 6. The van der Waals surface area contributed by atoms with Gasteiger partial charge in [0.1, 0.15) is 24.4 Å². The molecule has 6 N–H and O–H groups in total. The Kier molecular flexibility index (Phi) is 61.7. The highest BCUT2D eigenvalue weighted by molar-refractivity contribution is 5.76. The summed E-state index contributed by atoms with van der Waals surface area (Å²) >= 11 is 0. The van der Waals surface area contributed by atoms with E-state index in [1.807, 2.05) is 6.08 Å². The fourth-order valence-electron chi connectivity index (χ4n) is 11.8. The van der Waals surface area contributed by atoms with E-state index in [4.69, 9.17) is 9.47 Å². The van der Waals surface area contributed by atoms with Crippen molar-refractivity contribution in [3.8, 4) is 0 Å². The van der Waals surface area contributed by atoms with Gasteiger partial charge in [0.25, 0.3) is 0 Å². The molecule has 7 unspecified atom stereocenters. The van der Waals surface area contributed by atoms with Crippen molar-refractivity contribution < 1.29 is 39.8 Å². The van der Waals surface area contributed by atoms with Crippen molar-refractivity contribution in [2.24, 2.45) is 0 Å². The van der Waals surface area contributed by atoms with E-state index in [0.717, 1.165) is 51.4 Å². The average Bonchev–Trinajstić information content (AvgIpc) is 3.68. The smallest absolute Gasteiger partial charge is 0.220 e. The molecule has 0 spiro atoms. The summed E-state index contributed by atoms with van der Waals surface area (Å²) in [5.74, 6) is -0.185. The zero-order chi connectivity index (χ0) is 61.4. The van der Waals surface area contributed by atoms with Crippen LogP contribution in [-0.2, 0) is 14.3 Å². The minimum absolute atomic E-state index is 0.185. The summed E-state index contributed by atoms with van der Waals surface area (Å²) in [6, 6.07) is -0.831. The van der Waals surface area contributed by atoms with Crippen molar-refractivity contribution in [3.63, 3.8) is 0 Å². The summed E-state index contributed by atoms with van der Waals surface area (Å²) in [5.41, 5.74) is 0. The molecule has 9 heteroatoms. The Morgan fingerprint density at radius 3 is 1.06 bits per heavy atom. The fourth-order valence-corrected chi connectivity index (χ4v) is 11.8. The van der Waals surface area contributed by atoms with Crippen LogP contribution in [0, 0.1) is 0 Å². The first-order valence-electron chi connectivity index (χ1n) is 37.0. The van der Waals surface area contributed by atoms with E-state index in [9.17, 15) is 30.3 Å². The van der Waals surface area contributed by atoms with Crippen LogP contribution in [-0.4, -0.2) is 87.5 Å². The molecule has 0 aromatic heterocycles. The van der Waals surface area contributed by atoms with Crippen LogP contribution in [0.3, 0.4) is 0 Å². The lowest BCUT2D eigenvalue weighted by Crippen LogP contribution is -2.60. The third-order valence-electron chi connectivity index (χ3n) is 17.5. The highest BCUT2D eigenvalue weighted by Gasteiger charge is 2.44. The van der Waals surface area contributed by atoms with Crippen LogP contribution in [0.1, 0.15) is 361 Å². The van der Waals surface area contributed by atoms with Crippen molar-refractivity contribution in [3.05, 3.63) is 60.8 Å². The quantitative estimate of drug-likeness (QED) is 0.0261. The predicted molar refractivity (Wildman–Crippen MR) is 364 cm³/mol. The number of amides is 1. The third-order valence-corrected chi connectivity index (χ3v) is 17.5. The fraction of sp³-hybridized carbons (Fsp3) is 0.855. The molecule has 85 heavy (non-hydrogen) atoms. The lowest BCUT2D eigenvalue weighted by atomic mass is 9.99. The van der Waals surface area contributed by atoms with E-state index in [0.29, 0.717) is 6.42 Å². The maximum atomic E-state index is 13.1. The minimum atomic E-state index is -1.58. The van der Waals surface area contributed by atoms with Crippen molar-refractivity contribution in [1.29, 1.82) is 0 Å². The van der Waals surface area contributed by atoms with Gasteiger partial charge in [0.05, 0.1) is 25.4 Å². The van der Waals surface area contributed by atoms with Gasteiger partial charge in [0.15, 0.2) is 6.29 Å². The Morgan fingerprint density at radius 2 is 0.706 bits per heavy atom. The number of ether oxygens (including phenoxy) is 2. The molecule has 0 bridgehead atoms. The van der Waals surface area contributed by atoms with Gasteiger partial charge in [-0.25, -0.2) is 0 Å². The van der Waals surface area contributed by atoms with E-state index in [2.05, 4.69) is 67.8 Å². The monoisotopic (exact) mass is 1200 g/mol. The molecule has 1 amide bonds. The van der Waals surface area contributed by atoms with Crippen molar-refractivity contribution in [1.82, 2.24) is 5.32 Å². The summed E-state index contributed by atoms with van der Waals surface area (Å²) in [6.45, 7) is 3.80. The molecular weight excluding hydrogens is 1050 g/mol.